The van der Waals surface area contributed by atoms with Gasteiger partial charge < -0.3 is 5.73 Å². The van der Waals surface area contributed by atoms with Gasteiger partial charge in [0.05, 0.1) is 0 Å². The van der Waals surface area contributed by atoms with Gasteiger partial charge in [0.1, 0.15) is 0 Å². The van der Waals surface area contributed by atoms with Crippen molar-refractivity contribution >= 4 is 0 Å². The van der Waals surface area contributed by atoms with Crippen LogP contribution in [0.4, 0.5) is 0 Å². The molecule has 12 heavy (non-hydrogen) atoms. The molecule has 0 aromatic carbocycles. The number of hydrogen-bond donors (Lipinski definition) is 1. The predicted octanol–water partition coefficient (Wildman–Crippen LogP) is 3.00. The normalized spacial score (nSPS) is 30.6. The van der Waals surface area contributed by atoms with Crippen LogP contribution in [0.25, 0.3) is 0 Å². The molecule has 0 aromatic rings. The summed E-state index contributed by atoms with van der Waals surface area (Å²) in [5.74, 6) is 0. The van der Waals surface area contributed by atoms with Crippen LogP contribution in [-0.2, 0) is 0 Å². The Kier molecular flexibility index (Phi) is 5.09. The van der Waals surface area contributed by atoms with Crippen LogP contribution < -0.4 is 5.73 Å². The van der Waals surface area contributed by atoms with Crippen molar-refractivity contribution < 1.29 is 0 Å². The molecular weight excluding hydrogens is 146 g/mol. The molecule has 0 fully saturated rings. The van der Waals surface area contributed by atoms with E-state index in [4.69, 9.17) is 5.73 Å². The number of allylic oxidation sites excluding steroid dienone is 1. The zero-order valence-corrected chi connectivity index (χ0v) is 7.97. The summed E-state index contributed by atoms with van der Waals surface area (Å²) in [5.41, 5.74) is 5.92. The van der Waals surface area contributed by atoms with E-state index in [2.05, 4.69) is 12.2 Å². The van der Waals surface area contributed by atoms with Crippen molar-refractivity contribution in [3.8, 4) is 0 Å². The zero-order valence-electron chi connectivity index (χ0n) is 7.97. The summed E-state index contributed by atoms with van der Waals surface area (Å²) in [6, 6.07) is 0.416. The van der Waals surface area contributed by atoms with Gasteiger partial charge in [-0.3, -0.25) is 0 Å². The Morgan fingerprint density at radius 1 is 0.917 bits per heavy atom. The molecule has 0 saturated heterocycles. The molecule has 0 radical (unpaired) electrons. The van der Waals surface area contributed by atoms with E-state index in [1.165, 1.54) is 44.9 Å². The lowest BCUT2D eigenvalue weighted by Crippen LogP contribution is -2.18. The van der Waals surface area contributed by atoms with Crippen LogP contribution in [0.15, 0.2) is 12.2 Å². The average Bonchev–Trinajstić information content (AvgIpc) is 2.11. The number of hydrogen-bond acceptors (Lipinski definition) is 1. The topological polar surface area (TPSA) is 26.0 Å². The summed E-state index contributed by atoms with van der Waals surface area (Å²) in [6.45, 7) is 0. The summed E-state index contributed by atoms with van der Waals surface area (Å²) in [5, 5.41) is 0. The Hall–Kier alpha value is -0.300. The van der Waals surface area contributed by atoms with E-state index in [-0.39, 0.29) is 0 Å². The lowest BCUT2D eigenvalue weighted by molar-refractivity contribution is 0.544. The minimum absolute atomic E-state index is 0.416. The fourth-order valence-corrected chi connectivity index (χ4v) is 1.71. The van der Waals surface area contributed by atoms with Gasteiger partial charge in [0.2, 0.25) is 0 Å². The first-order chi connectivity index (χ1) is 5.89. The van der Waals surface area contributed by atoms with Gasteiger partial charge in [0, 0.05) is 6.04 Å². The maximum absolute atomic E-state index is 5.92. The quantitative estimate of drug-likeness (QED) is 0.551. The highest BCUT2D eigenvalue weighted by Gasteiger charge is 2.00. The third kappa shape index (κ3) is 4.55. The molecule has 0 aromatic heterocycles. The monoisotopic (exact) mass is 167 g/mol. The van der Waals surface area contributed by atoms with Crippen molar-refractivity contribution in [2.75, 3.05) is 0 Å². The SMILES string of the molecule is NC1C/C=C\CCCCCCC1. The van der Waals surface area contributed by atoms with Crippen LogP contribution in [0.5, 0.6) is 0 Å². The van der Waals surface area contributed by atoms with Crippen molar-refractivity contribution in [2.45, 2.75) is 57.4 Å². The van der Waals surface area contributed by atoms with E-state index in [0.29, 0.717) is 6.04 Å². The third-order valence-corrected chi connectivity index (χ3v) is 2.55. The van der Waals surface area contributed by atoms with E-state index in [1.807, 2.05) is 0 Å². The second-order valence-corrected chi connectivity index (χ2v) is 3.81. The largest absolute Gasteiger partial charge is 0.327 e. The molecule has 1 aliphatic rings. The van der Waals surface area contributed by atoms with Gasteiger partial charge in [-0.1, -0.05) is 37.8 Å². The lowest BCUT2D eigenvalue weighted by atomic mass is 10.1. The van der Waals surface area contributed by atoms with Gasteiger partial charge in [-0.2, -0.15) is 0 Å². The summed E-state index contributed by atoms with van der Waals surface area (Å²) < 4.78 is 0. The van der Waals surface area contributed by atoms with Crippen molar-refractivity contribution in [1.82, 2.24) is 0 Å². The standard InChI is InChI=1S/C11H21N/c12-11-9-7-5-3-1-2-4-6-8-10-11/h5,7,11H,1-4,6,8-10,12H2/b7-5-. The minimum Gasteiger partial charge on any atom is -0.327 e. The van der Waals surface area contributed by atoms with Crippen molar-refractivity contribution in [3.05, 3.63) is 12.2 Å². The fraction of sp³-hybridized carbons (Fsp3) is 0.818. The molecule has 0 spiro atoms. The number of nitrogens with two attached hydrogens (primary N) is 1. The van der Waals surface area contributed by atoms with Gasteiger partial charge in [-0.15, -0.1) is 0 Å². The predicted molar refractivity (Wildman–Crippen MR) is 54.1 cm³/mol. The molecule has 0 saturated carbocycles. The zero-order chi connectivity index (χ0) is 8.65. The Morgan fingerprint density at radius 2 is 1.67 bits per heavy atom. The molecule has 0 heterocycles. The van der Waals surface area contributed by atoms with Gasteiger partial charge >= 0.3 is 0 Å². The first-order valence-electron chi connectivity index (χ1n) is 5.30. The van der Waals surface area contributed by atoms with Crippen molar-refractivity contribution in [3.63, 3.8) is 0 Å². The molecule has 70 valence electrons. The number of rotatable bonds is 0. The van der Waals surface area contributed by atoms with E-state index in [9.17, 15) is 0 Å². The van der Waals surface area contributed by atoms with E-state index in [1.54, 1.807) is 0 Å². The van der Waals surface area contributed by atoms with Gasteiger partial charge in [0.25, 0.3) is 0 Å². The average molecular weight is 167 g/mol. The van der Waals surface area contributed by atoms with Crippen LogP contribution in [0.1, 0.15) is 51.4 Å². The van der Waals surface area contributed by atoms with Gasteiger partial charge in [-0.05, 0) is 25.7 Å². The summed E-state index contributed by atoms with van der Waals surface area (Å²) >= 11 is 0. The molecular formula is C11H21N. The van der Waals surface area contributed by atoms with Crippen LogP contribution in [0.3, 0.4) is 0 Å². The van der Waals surface area contributed by atoms with Crippen molar-refractivity contribution in [1.29, 1.82) is 0 Å². The maximum Gasteiger partial charge on any atom is 0.00734 e. The molecule has 1 unspecified atom stereocenters. The van der Waals surface area contributed by atoms with E-state index >= 15 is 0 Å². The van der Waals surface area contributed by atoms with Crippen molar-refractivity contribution in [2.24, 2.45) is 5.73 Å². The lowest BCUT2D eigenvalue weighted by Gasteiger charge is -2.07. The minimum atomic E-state index is 0.416. The Balaban J connectivity index is 2.23. The first kappa shape index (κ1) is 9.79. The molecule has 1 nitrogen and oxygen atoms in total. The first-order valence-corrected chi connectivity index (χ1v) is 5.30. The van der Waals surface area contributed by atoms with Crippen LogP contribution >= 0.6 is 0 Å². The Bertz CT molecular complexity index is 129. The smallest absolute Gasteiger partial charge is 0.00734 e. The third-order valence-electron chi connectivity index (χ3n) is 2.55. The Labute approximate surface area is 76.0 Å². The van der Waals surface area contributed by atoms with E-state index < -0.39 is 0 Å². The highest BCUT2D eigenvalue weighted by molar-refractivity contribution is 4.85. The molecule has 0 aliphatic heterocycles. The van der Waals surface area contributed by atoms with Gasteiger partial charge in [-0.25, -0.2) is 0 Å². The summed E-state index contributed by atoms with van der Waals surface area (Å²) in [4.78, 5) is 0. The highest BCUT2D eigenvalue weighted by atomic mass is 14.6. The van der Waals surface area contributed by atoms with E-state index in [0.717, 1.165) is 6.42 Å². The summed E-state index contributed by atoms with van der Waals surface area (Å²) in [6.07, 6.45) is 15.0. The second-order valence-electron chi connectivity index (χ2n) is 3.81. The van der Waals surface area contributed by atoms with Crippen LogP contribution in [0.2, 0.25) is 0 Å². The molecule has 1 rings (SSSR count). The summed E-state index contributed by atoms with van der Waals surface area (Å²) in [7, 11) is 0. The fourth-order valence-electron chi connectivity index (χ4n) is 1.71. The molecule has 1 heteroatoms. The molecule has 0 amide bonds. The molecule has 1 atom stereocenters. The van der Waals surface area contributed by atoms with Crippen LogP contribution in [0, 0.1) is 0 Å². The second kappa shape index (κ2) is 6.24. The van der Waals surface area contributed by atoms with Crippen LogP contribution in [-0.4, -0.2) is 6.04 Å². The Morgan fingerprint density at radius 3 is 2.58 bits per heavy atom. The molecule has 2 N–H and O–H groups in total. The molecule has 1 aliphatic carbocycles. The van der Waals surface area contributed by atoms with Gasteiger partial charge in [0.15, 0.2) is 0 Å². The molecule has 0 bridgehead atoms. The maximum atomic E-state index is 5.92. The highest BCUT2D eigenvalue weighted by Crippen LogP contribution is 2.11.